The maximum absolute atomic E-state index is 11.9. The van der Waals surface area contributed by atoms with E-state index in [0.717, 1.165) is 17.2 Å². The smallest absolute Gasteiger partial charge is 0.338 e. The average molecular weight is 310 g/mol. The molecule has 0 atom stereocenters. The third-order valence-corrected chi connectivity index (χ3v) is 3.16. The van der Waals surface area contributed by atoms with Gasteiger partial charge in [0, 0.05) is 12.5 Å². The number of carbonyl (C=O) groups excluding carboxylic acids is 2. The van der Waals surface area contributed by atoms with Gasteiger partial charge in [0.25, 0.3) is 0 Å². The first kappa shape index (κ1) is 16.5. The van der Waals surface area contributed by atoms with E-state index < -0.39 is 5.97 Å². The quantitative estimate of drug-likeness (QED) is 0.445. The molecule has 118 valence electrons. The number of hydrogen-bond donors (Lipinski definition) is 0. The third-order valence-electron chi connectivity index (χ3n) is 3.16. The molecule has 4 heteroatoms. The van der Waals surface area contributed by atoms with Gasteiger partial charge in [-0.15, -0.1) is 0 Å². The number of carbonyl (C=O) groups is 2. The summed E-state index contributed by atoms with van der Waals surface area (Å²) in [6, 6.07) is 17.2. The standard InChI is InChI=1S/C19H18O4/c1-2-18(20)22-13-6-14-23-19(21)17-11-9-16(10-12-17)15-7-4-3-5-8-15/h2-5,7-12H,1,6,13-14H2. The molecule has 0 bridgehead atoms. The van der Waals surface area contributed by atoms with Gasteiger partial charge in [-0.05, 0) is 23.3 Å². The second kappa shape index (κ2) is 8.54. The van der Waals surface area contributed by atoms with E-state index in [9.17, 15) is 9.59 Å². The van der Waals surface area contributed by atoms with Gasteiger partial charge in [0.05, 0.1) is 18.8 Å². The minimum atomic E-state index is -0.479. The highest BCUT2D eigenvalue weighted by molar-refractivity contribution is 5.90. The highest BCUT2D eigenvalue weighted by Gasteiger charge is 2.07. The summed E-state index contributed by atoms with van der Waals surface area (Å²) in [5.41, 5.74) is 2.63. The topological polar surface area (TPSA) is 52.6 Å². The fourth-order valence-corrected chi connectivity index (χ4v) is 1.97. The zero-order valence-electron chi connectivity index (χ0n) is 12.7. The molecule has 0 aliphatic carbocycles. The summed E-state index contributed by atoms with van der Waals surface area (Å²) in [5, 5.41) is 0. The zero-order chi connectivity index (χ0) is 16.5. The van der Waals surface area contributed by atoms with E-state index in [1.54, 1.807) is 12.1 Å². The van der Waals surface area contributed by atoms with Crippen molar-refractivity contribution in [3.63, 3.8) is 0 Å². The van der Waals surface area contributed by atoms with Gasteiger partial charge < -0.3 is 9.47 Å². The molecular formula is C19H18O4. The van der Waals surface area contributed by atoms with Crippen LogP contribution in [0.2, 0.25) is 0 Å². The van der Waals surface area contributed by atoms with Crippen LogP contribution in [0.4, 0.5) is 0 Å². The van der Waals surface area contributed by atoms with Crippen LogP contribution in [-0.2, 0) is 14.3 Å². The fourth-order valence-electron chi connectivity index (χ4n) is 1.97. The predicted molar refractivity (Wildman–Crippen MR) is 87.9 cm³/mol. The number of hydrogen-bond acceptors (Lipinski definition) is 4. The van der Waals surface area contributed by atoms with E-state index in [1.807, 2.05) is 42.5 Å². The van der Waals surface area contributed by atoms with Crippen LogP contribution in [-0.4, -0.2) is 25.2 Å². The lowest BCUT2D eigenvalue weighted by molar-refractivity contribution is -0.137. The van der Waals surface area contributed by atoms with Gasteiger partial charge in [0.2, 0.25) is 0 Å². The van der Waals surface area contributed by atoms with Crippen molar-refractivity contribution in [3.05, 3.63) is 72.8 Å². The Labute approximate surface area is 135 Å². The summed E-state index contributed by atoms with van der Waals surface area (Å²) in [6.07, 6.45) is 1.55. The highest BCUT2D eigenvalue weighted by atomic mass is 16.5. The van der Waals surface area contributed by atoms with Crippen LogP contribution in [0.25, 0.3) is 11.1 Å². The Morgan fingerprint density at radius 1 is 0.870 bits per heavy atom. The summed E-state index contributed by atoms with van der Waals surface area (Å²) in [4.78, 5) is 22.7. The van der Waals surface area contributed by atoms with Crippen LogP contribution < -0.4 is 0 Å². The molecule has 2 aromatic carbocycles. The Kier molecular flexibility index (Phi) is 6.12. The molecule has 2 aromatic rings. The van der Waals surface area contributed by atoms with Crippen LogP contribution in [0.15, 0.2) is 67.3 Å². The molecule has 2 rings (SSSR count). The molecule has 0 heterocycles. The van der Waals surface area contributed by atoms with Gasteiger partial charge in [-0.2, -0.15) is 0 Å². The van der Waals surface area contributed by atoms with Crippen molar-refractivity contribution in [2.45, 2.75) is 6.42 Å². The first-order valence-electron chi connectivity index (χ1n) is 7.32. The molecule has 0 amide bonds. The summed E-state index contributed by atoms with van der Waals surface area (Å²) >= 11 is 0. The van der Waals surface area contributed by atoms with E-state index in [0.29, 0.717) is 12.0 Å². The zero-order valence-corrected chi connectivity index (χ0v) is 12.7. The van der Waals surface area contributed by atoms with E-state index in [-0.39, 0.29) is 19.2 Å². The van der Waals surface area contributed by atoms with Crippen LogP contribution in [0, 0.1) is 0 Å². The molecular weight excluding hydrogens is 292 g/mol. The Morgan fingerprint density at radius 3 is 2.13 bits per heavy atom. The van der Waals surface area contributed by atoms with Crippen LogP contribution in [0.3, 0.4) is 0 Å². The number of benzene rings is 2. The fraction of sp³-hybridized carbons (Fsp3) is 0.158. The van der Waals surface area contributed by atoms with Crippen LogP contribution in [0.1, 0.15) is 16.8 Å². The van der Waals surface area contributed by atoms with Crippen LogP contribution >= 0.6 is 0 Å². The van der Waals surface area contributed by atoms with E-state index in [2.05, 4.69) is 6.58 Å². The summed E-state index contributed by atoms with van der Waals surface area (Å²) in [6.45, 7) is 3.69. The molecule has 0 spiro atoms. The van der Waals surface area contributed by atoms with Crippen molar-refractivity contribution in [1.82, 2.24) is 0 Å². The van der Waals surface area contributed by atoms with E-state index in [1.165, 1.54) is 0 Å². The third kappa shape index (κ3) is 5.11. The average Bonchev–Trinajstić information content (AvgIpc) is 2.62. The Balaban J connectivity index is 1.81. The Morgan fingerprint density at radius 2 is 1.48 bits per heavy atom. The predicted octanol–water partition coefficient (Wildman–Crippen LogP) is 3.63. The number of esters is 2. The van der Waals surface area contributed by atoms with Crippen molar-refractivity contribution < 1.29 is 19.1 Å². The number of rotatable bonds is 7. The first-order chi connectivity index (χ1) is 11.2. The Bertz CT molecular complexity index is 660. The molecule has 0 unspecified atom stereocenters. The lowest BCUT2D eigenvalue weighted by Crippen LogP contribution is -2.09. The molecule has 0 radical (unpaired) electrons. The lowest BCUT2D eigenvalue weighted by atomic mass is 10.0. The second-order valence-corrected chi connectivity index (χ2v) is 4.80. The summed E-state index contributed by atoms with van der Waals surface area (Å²) in [7, 11) is 0. The molecule has 0 aliphatic rings. The monoisotopic (exact) mass is 310 g/mol. The highest BCUT2D eigenvalue weighted by Crippen LogP contribution is 2.19. The normalized spacial score (nSPS) is 9.91. The van der Waals surface area contributed by atoms with Gasteiger partial charge in [0.1, 0.15) is 0 Å². The molecule has 0 saturated heterocycles. The molecule has 0 saturated carbocycles. The maximum atomic E-state index is 11.9. The Hall–Kier alpha value is -2.88. The van der Waals surface area contributed by atoms with Gasteiger partial charge in [0.15, 0.2) is 0 Å². The van der Waals surface area contributed by atoms with E-state index >= 15 is 0 Å². The summed E-state index contributed by atoms with van der Waals surface area (Å²) < 4.78 is 9.93. The maximum Gasteiger partial charge on any atom is 0.338 e. The lowest BCUT2D eigenvalue weighted by Gasteiger charge is -2.06. The van der Waals surface area contributed by atoms with Crippen LogP contribution in [0.5, 0.6) is 0 Å². The molecule has 0 fully saturated rings. The first-order valence-corrected chi connectivity index (χ1v) is 7.32. The van der Waals surface area contributed by atoms with Gasteiger partial charge >= 0.3 is 11.9 Å². The minimum absolute atomic E-state index is 0.198. The largest absolute Gasteiger partial charge is 0.462 e. The SMILES string of the molecule is C=CC(=O)OCCCOC(=O)c1ccc(-c2ccccc2)cc1. The van der Waals surface area contributed by atoms with Crippen molar-refractivity contribution in [2.75, 3.05) is 13.2 Å². The molecule has 0 aliphatic heterocycles. The van der Waals surface area contributed by atoms with Crippen molar-refractivity contribution in [1.29, 1.82) is 0 Å². The second-order valence-electron chi connectivity index (χ2n) is 4.80. The van der Waals surface area contributed by atoms with Crippen molar-refractivity contribution in [3.8, 4) is 11.1 Å². The molecule has 0 N–H and O–H groups in total. The van der Waals surface area contributed by atoms with Crippen molar-refractivity contribution in [2.24, 2.45) is 0 Å². The molecule has 0 aromatic heterocycles. The van der Waals surface area contributed by atoms with Crippen molar-refractivity contribution >= 4 is 11.9 Å². The molecule has 4 nitrogen and oxygen atoms in total. The van der Waals surface area contributed by atoms with Gasteiger partial charge in [-0.1, -0.05) is 49.0 Å². The van der Waals surface area contributed by atoms with Gasteiger partial charge in [-0.3, -0.25) is 0 Å². The van der Waals surface area contributed by atoms with E-state index in [4.69, 9.17) is 9.47 Å². The number of ether oxygens (including phenoxy) is 2. The summed E-state index contributed by atoms with van der Waals surface area (Å²) in [5.74, 6) is -0.868. The van der Waals surface area contributed by atoms with Gasteiger partial charge in [-0.25, -0.2) is 9.59 Å². The minimum Gasteiger partial charge on any atom is -0.462 e. The molecule has 23 heavy (non-hydrogen) atoms.